The van der Waals surface area contributed by atoms with Gasteiger partial charge in [0.25, 0.3) is 5.56 Å². The zero-order chi connectivity index (χ0) is 23.8. The van der Waals surface area contributed by atoms with Gasteiger partial charge in [0.1, 0.15) is 16.9 Å². The summed E-state index contributed by atoms with van der Waals surface area (Å²) in [7, 11) is 1.64. The van der Waals surface area contributed by atoms with Gasteiger partial charge in [-0.1, -0.05) is 54.6 Å². The molecule has 2 aromatic heterocycles. The molecule has 34 heavy (non-hydrogen) atoms. The van der Waals surface area contributed by atoms with Gasteiger partial charge in [0.2, 0.25) is 5.91 Å². The van der Waals surface area contributed by atoms with Crippen molar-refractivity contribution in [2.24, 2.45) is 0 Å². The Bertz CT molecular complexity index is 1590. The lowest BCUT2D eigenvalue weighted by atomic mass is 9.97. The third-order valence-electron chi connectivity index (χ3n) is 6.05. The lowest BCUT2D eigenvalue weighted by Crippen LogP contribution is -2.35. The number of thiophene rings is 1. The molecular formula is C27H23N3O3S. The van der Waals surface area contributed by atoms with E-state index >= 15 is 0 Å². The van der Waals surface area contributed by atoms with Crippen molar-refractivity contribution in [2.45, 2.75) is 19.8 Å². The number of aryl methyl sites for hydroxylation is 1. The Hall–Kier alpha value is -3.97. The van der Waals surface area contributed by atoms with Gasteiger partial charge in [0.05, 0.1) is 18.4 Å². The average Bonchev–Trinajstić information content (AvgIpc) is 3.21. The largest absolute Gasteiger partial charge is 0.497 e. The molecule has 0 radical (unpaired) electrons. The molecule has 2 heterocycles. The molecule has 170 valence electrons. The molecular weight excluding hydrogens is 446 g/mol. The maximum atomic E-state index is 13.4. The number of methoxy groups -OCH3 is 1. The quantitative estimate of drug-likeness (QED) is 0.371. The highest BCUT2D eigenvalue weighted by Crippen LogP contribution is 2.35. The first kappa shape index (κ1) is 21.9. The summed E-state index contributed by atoms with van der Waals surface area (Å²) in [4.78, 5) is 32.6. The minimum Gasteiger partial charge on any atom is -0.497 e. The van der Waals surface area contributed by atoms with Crippen molar-refractivity contribution in [3.8, 4) is 16.9 Å². The first-order valence-corrected chi connectivity index (χ1v) is 11.7. The fourth-order valence-corrected chi connectivity index (χ4v) is 5.14. The predicted octanol–water partition coefficient (Wildman–Crippen LogP) is 5.47. The molecule has 0 aliphatic carbocycles. The van der Waals surface area contributed by atoms with Crippen LogP contribution in [0.3, 0.4) is 0 Å². The van der Waals surface area contributed by atoms with E-state index in [4.69, 9.17) is 4.74 Å². The summed E-state index contributed by atoms with van der Waals surface area (Å²) in [6.07, 6.45) is 1.38. The SMILES string of the molecule is COc1ccc2cc([C@H](C)C(=O)Nn3cnc4sc(C)c(-c5ccccc5)c4c3=O)ccc2c1. The van der Waals surface area contributed by atoms with Crippen LogP contribution in [-0.2, 0) is 4.79 Å². The van der Waals surface area contributed by atoms with E-state index in [1.807, 2.05) is 80.6 Å². The van der Waals surface area contributed by atoms with E-state index in [2.05, 4.69) is 10.4 Å². The van der Waals surface area contributed by atoms with Crippen molar-refractivity contribution in [2.75, 3.05) is 12.5 Å². The minimum atomic E-state index is -0.466. The Balaban J connectivity index is 1.47. The third-order valence-corrected chi connectivity index (χ3v) is 7.06. The number of carbonyl (C=O) groups excluding carboxylic acids is 1. The Morgan fingerprint density at radius 2 is 1.79 bits per heavy atom. The van der Waals surface area contributed by atoms with Crippen molar-refractivity contribution in [1.29, 1.82) is 0 Å². The van der Waals surface area contributed by atoms with Gasteiger partial charge < -0.3 is 4.74 Å². The van der Waals surface area contributed by atoms with Gasteiger partial charge in [-0.15, -0.1) is 11.3 Å². The highest BCUT2D eigenvalue weighted by atomic mass is 32.1. The van der Waals surface area contributed by atoms with E-state index in [9.17, 15) is 9.59 Å². The van der Waals surface area contributed by atoms with E-state index in [0.29, 0.717) is 10.2 Å². The smallest absolute Gasteiger partial charge is 0.281 e. The highest BCUT2D eigenvalue weighted by molar-refractivity contribution is 7.19. The number of ether oxygens (including phenoxy) is 1. The first-order chi connectivity index (χ1) is 16.5. The molecule has 0 unspecified atom stereocenters. The third kappa shape index (κ3) is 3.84. The Morgan fingerprint density at radius 3 is 2.56 bits per heavy atom. The topological polar surface area (TPSA) is 73.2 Å². The van der Waals surface area contributed by atoms with E-state index < -0.39 is 5.92 Å². The molecule has 0 spiro atoms. The van der Waals surface area contributed by atoms with Crippen molar-refractivity contribution < 1.29 is 9.53 Å². The van der Waals surface area contributed by atoms with E-state index in [1.165, 1.54) is 22.3 Å². The van der Waals surface area contributed by atoms with Crippen LogP contribution in [0.5, 0.6) is 5.75 Å². The monoisotopic (exact) mass is 469 g/mol. The Labute approximate surface area is 200 Å². The van der Waals surface area contributed by atoms with Crippen LogP contribution in [0.4, 0.5) is 0 Å². The number of nitrogens with one attached hydrogen (secondary N) is 1. The van der Waals surface area contributed by atoms with Gasteiger partial charge in [-0.05, 0) is 47.9 Å². The summed E-state index contributed by atoms with van der Waals surface area (Å²) >= 11 is 1.48. The second kappa shape index (κ2) is 8.76. The fraction of sp³-hybridized carbons (Fsp3) is 0.148. The van der Waals surface area contributed by atoms with Crippen LogP contribution in [0.15, 0.2) is 77.9 Å². The van der Waals surface area contributed by atoms with Gasteiger partial charge in [-0.3, -0.25) is 15.0 Å². The van der Waals surface area contributed by atoms with Gasteiger partial charge in [0, 0.05) is 10.4 Å². The van der Waals surface area contributed by atoms with Crippen molar-refractivity contribution in [3.05, 3.63) is 93.9 Å². The number of carbonyl (C=O) groups is 1. The predicted molar refractivity (Wildman–Crippen MR) is 137 cm³/mol. The van der Waals surface area contributed by atoms with E-state index in [1.54, 1.807) is 7.11 Å². The van der Waals surface area contributed by atoms with Crippen LogP contribution in [0.2, 0.25) is 0 Å². The van der Waals surface area contributed by atoms with Crippen LogP contribution >= 0.6 is 11.3 Å². The molecule has 0 fully saturated rings. The van der Waals surface area contributed by atoms with Crippen LogP contribution in [0.1, 0.15) is 23.3 Å². The molecule has 1 N–H and O–H groups in total. The summed E-state index contributed by atoms with van der Waals surface area (Å²) in [5.41, 5.74) is 5.12. The summed E-state index contributed by atoms with van der Waals surface area (Å²) in [5.74, 6) is 0.0306. The number of rotatable bonds is 5. The van der Waals surface area contributed by atoms with Gasteiger partial charge >= 0.3 is 0 Å². The molecule has 5 rings (SSSR count). The van der Waals surface area contributed by atoms with Crippen molar-refractivity contribution in [1.82, 2.24) is 9.66 Å². The van der Waals surface area contributed by atoms with Crippen LogP contribution < -0.4 is 15.7 Å². The molecule has 7 heteroatoms. The average molecular weight is 470 g/mol. The fourth-order valence-electron chi connectivity index (χ4n) is 4.14. The molecule has 0 bridgehead atoms. The molecule has 6 nitrogen and oxygen atoms in total. The van der Waals surface area contributed by atoms with Gasteiger partial charge in [0.15, 0.2) is 0 Å². The molecule has 0 aliphatic rings. The number of fused-ring (bicyclic) bond motifs is 2. The first-order valence-electron chi connectivity index (χ1n) is 10.9. The summed E-state index contributed by atoms with van der Waals surface area (Å²) < 4.78 is 6.47. The van der Waals surface area contributed by atoms with Gasteiger partial charge in [-0.2, -0.15) is 0 Å². The Morgan fingerprint density at radius 1 is 1.06 bits per heavy atom. The zero-order valence-electron chi connectivity index (χ0n) is 19.0. The van der Waals surface area contributed by atoms with Crippen LogP contribution in [0.25, 0.3) is 32.1 Å². The minimum absolute atomic E-state index is 0.288. The second-order valence-electron chi connectivity index (χ2n) is 8.17. The van der Waals surface area contributed by atoms with Crippen LogP contribution in [-0.4, -0.2) is 22.7 Å². The molecule has 0 saturated heterocycles. The summed E-state index contributed by atoms with van der Waals surface area (Å²) in [6, 6.07) is 21.5. The second-order valence-corrected chi connectivity index (χ2v) is 9.37. The maximum absolute atomic E-state index is 13.4. The Kier molecular flexibility index (Phi) is 5.63. The van der Waals surface area contributed by atoms with E-state index in [0.717, 1.165) is 38.1 Å². The molecule has 3 aromatic carbocycles. The molecule has 0 saturated carbocycles. The molecule has 5 aromatic rings. The normalized spacial score (nSPS) is 12.1. The number of amides is 1. The number of aromatic nitrogens is 2. The lowest BCUT2D eigenvalue weighted by Gasteiger charge is -2.15. The molecule has 1 atom stereocenters. The van der Waals surface area contributed by atoms with Crippen molar-refractivity contribution >= 4 is 38.2 Å². The maximum Gasteiger partial charge on any atom is 0.281 e. The number of hydrogen-bond acceptors (Lipinski definition) is 5. The van der Waals surface area contributed by atoms with Gasteiger partial charge in [-0.25, -0.2) is 9.66 Å². The van der Waals surface area contributed by atoms with E-state index in [-0.39, 0.29) is 11.5 Å². The lowest BCUT2D eigenvalue weighted by molar-refractivity contribution is -0.118. The standard InChI is InChI=1S/C27H23N3O3S/c1-16(19-9-10-21-14-22(33-3)12-11-20(21)13-19)25(31)29-30-15-28-26-24(27(30)32)23(17(2)34-26)18-7-5-4-6-8-18/h4-16H,1-3H3,(H,29,31)/t16-/m0/s1. The number of nitrogens with zero attached hydrogens (tertiary/aromatic N) is 2. The molecule has 1 amide bonds. The number of hydrogen-bond donors (Lipinski definition) is 1. The highest BCUT2D eigenvalue weighted by Gasteiger charge is 2.20. The summed E-state index contributed by atoms with van der Waals surface area (Å²) in [6.45, 7) is 3.80. The zero-order valence-corrected chi connectivity index (χ0v) is 19.8. The summed E-state index contributed by atoms with van der Waals surface area (Å²) in [5, 5.41) is 2.56. The number of benzene rings is 3. The van der Waals surface area contributed by atoms with Crippen LogP contribution in [0, 0.1) is 6.92 Å². The molecule has 0 aliphatic heterocycles. The van der Waals surface area contributed by atoms with Crippen molar-refractivity contribution in [3.63, 3.8) is 0 Å².